The quantitative estimate of drug-likeness (QED) is 0.178. The van der Waals surface area contributed by atoms with Gasteiger partial charge >= 0.3 is 6.61 Å². The number of methoxy groups -OCH3 is 1. The van der Waals surface area contributed by atoms with E-state index >= 15 is 0 Å². The summed E-state index contributed by atoms with van der Waals surface area (Å²) in [5.41, 5.74) is 7.50. The van der Waals surface area contributed by atoms with E-state index in [0.717, 1.165) is 25.7 Å². The number of aliphatic hydroxyl groups is 1. The fourth-order valence-electron chi connectivity index (χ4n) is 3.80. The van der Waals surface area contributed by atoms with Crippen molar-refractivity contribution >= 4 is 28.9 Å². The molecule has 0 radical (unpaired) electrons. The highest BCUT2D eigenvalue weighted by Crippen LogP contribution is 2.33. The van der Waals surface area contributed by atoms with Crippen LogP contribution in [0.2, 0.25) is 10.0 Å². The Kier molecular flexibility index (Phi) is 11.1. The summed E-state index contributed by atoms with van der Waals surface area (Å²) in [4.78, 5) is 12.3. The first kappa shape index (κ1) is 29.6. The molecule has 0 saturated heterocycles. The summed E-state index contributed by atoms with van der Waals surface area (Å²) in [5.74, 6) is 0.0622. The SMILES string of the molecule is COc1cc(-c2ccc(=O)n(CCCCCCNCC(O)c3cc(Cl)c(N)c(Cl)c3)n2)ccc1OC(F)F. The topological polar surface area (TPSA) is 112 Å². The highest BCUT2D eigenvalue weighted by Gasteiger charge is 2.14. The standard InChI is InChI=1S/C26H30Cl2F2N4O4/c1-37-23-14-16(6-8-22(23)38-26(29)30)20-7-9-24(36)34(33-20)11-5-3-2-4-10-32-15-21(35)17-12-18(27)25(31)19(28)13-17/h6-9,12-14,21,26,32,35H,2-5,10-11,15,31H2,1H3. The molecule has 1 atom stereocenters. The van der Waals surface area contributed by atoms with Crippen LogP contribution in [-0.2, 0) is 6.54 Å². The van der Waals surface area contributed by atoms with Gasteiger partial charge in [-0.05, 0) is 61.3 Å². The highest BCUT2D eigenvalue weighted by atomic mass is 35.5. The number of anilines is 1. The molecule has 0 aliphatic rings. The molecule has 1 unspecified atom stereocenters. The number of nitrogens with two attached hydrogens (primary N) is 1. The molecule has 0 aliphatic heterocycles. The Morgan fingerprint density at radius 3 is 2.45 bits per heavy atom. The largest absolute Gasteiger partial charge is 0.493 e. The second-order valence-corrected chi connectivity index (χ2v) is 9.37. The third-order valence-electron chi connectivity index (χ3n) is 5.84. The molecule has 0 saturated carbocycles. The zero-order valence-corrected chi connectivity index (χ0v) is 22.3. The number of aromatic nitrogens is 2. The molecule has 4 N–H and O–H groups in total. The van der Waals surface area contributed by atoms with Gasteiger partial charge in [-0.1, -0.05) is 36.0 Å². The van der Waals surface area contributed by atoms with Gasteiger partial charge in [0.25, 0.3) is 5.56 Å². The minimum absolute atomic E-state index is 0.0809. The molecule has 8 nitrogen and oxygen atoms in total. The van der Waals surface area contributed by atoms with Crippen molar-refractivity contribution in [3.05, 3.63) is 68.4 Å². The molecule has 1 aromatic heterocycles. The monoisotopic (exact) mass is 570 g/mol. The number of hydrogen-bond donors (Lipinski definition) is 3. The van der Waals surface area contributed by atoms with E-state index in [1.54, 1.807) is 24.3 Å². The van der Waals surface area contributed by atoms with Gasteiger partial charge < -0.3 is 25.6 Å². The van der Waals surface area contributed by atoms with E-state index in [9.17, 15) is 18.7 Å². The average molecular weight is 571 g/mol. The summed E-state index contributed by atoms with van der Waals surface area (Å²) in [6.07, 6.45) is 2.71. The molecule has 38 heavy (non-hydrogen) atoms. The molecule has 12 heteroatoms. The predicted octanol–water partition coefficient (Wildman–Crippen LogP) is 5.29. The summed E-state index contributed by atoms with van der Waals surface area (Å²) in [6.45, 7) is -1.45. The maximum Gasteiger partial charge on any atom is 0.387 e. The van der Waals surface area contributed by atoms with Crippen LogP contribution < -0.4 is 26.1 Å². The van der Waals surface area contributed by atoms with Gasteiger partial charge in [0.15, 0.2) is 11.5 Å². The van der Waals surface area contributed by atoms with E-state index in [2.05, 4.69) is 15.2 Å². The number of ether oxygens (including phenoxy) is 2. The minimum atomic E-state index is -2.97. The number of nitrogens with one attached hydrogen (secondary N) is 1. The van der Waals surface area contributed by atoms with E-state index in [-0.39, 0.29) is 22.7 Å². The van der Waals surface area contributed by atoms with Crippen LogP contribution in [0, 0.1) is 0 Å². The number of rotatable bonds is 14. The first-order chi connectivity index (χ1) is 18.2. The van der Waals surface area contributed by atoms with Crippen molar-refractivity contribution < 1.29 is 23.4 Å². The van der Waals surface area contributed by atoms with Crippen LogP contribution in [-0.4, -0.2) is 41.7 Å². The van der Waals surface area contributed by atoms with Crippen LogP contribution >= 0.6 is 23.2 Å². The zero-order chi connectivity index (χ0) is 27.7. The number of aliphatic hydroxyl groups excluding tert-OH is 1. The Hall–Kier alpha value is -2.92. The first-order valence-corrected chi connectivity index (χ1v) is 12.8. The lowest BCUT2D eigenvalue weighted by atomic mass is 10.1. The summed E-state index contributed by atoms with van der Waals surface area (Å²) < 4.78 is 36.1. The number of hydrogen-bond acceptors (Lipinski definition) is 7. The van der Waals surface area contributed by atoms with E-state index < -0.39 is 12.7 Å². The Bertz CT molecular complexity index is 1250. The summed E-state index contributed by atoms with van der Waals surface area (Å²) in [7, 11) is 1.36. The van der Waals surface area contributed by atoms with E-state index in [1.165, 1.54) is 30.0 Å². The first-order valence-electron chi connectivity index (χ1n) is 12.0. The lowest BCUT2D eigenvalue weighted by Crippen LogP contribution is -2.23. The van der Waals surface area contributed by atoms with E-state index in [1.807, 2.05) is 0 Å². The van der Waals surface area contributed by atoms with Crippen LogP contribution in [0.15, 0.2) is 47.3 Å². The highest BCUT2D eigenvalue weighted by molar-refractivity contribution is 6.38. The maximum atomic E-state index is 12.6. The van der Waals surface area contributed by atoms with Gasteiger partial charge in [0.1, 0.15) is 0 Å². The van der Waals surface area contributed by atoms with Crippen molar-refractivity contribution in [2.75, 3.05) is 25.9 Å². The number of aryl methyl sites for hydroxylation is 1. The van der Waals surface area contributed by atoms with Crippen molar-refractivity contribution in [3.8, 4) is 22.8 Å². The van der Waals surface area contributed by atoms with Crippen LogP contribution in [0.1, 0.15) is 37.4 Å². The van der Waals surface area contributed by atoms with Gasteiger partial charge in [-0.15, -0.1) is 0 Å². The summed E-state index contributed by atoms with van der Waals surface area (Å²) in [6, 6.07) is 10.7. The fourth-order valence-corrected chi connectivity index (χ4v) is 4.31. The summed E-state index contributed by atoms with van der Waals surface area (Å²) >= 11 is 12.0. The molecule has 2 aromatic carbocycles. The van der Waals surface area contributed by atoms with Gasteiger partial charge in [0.2, 0.25) is 0 Å². The Labute approximate surface area is 229 Å². The molecule has 0 fully saturated rings. The van der Waals surface area contributed by atoms with Crippen molar-refractivity contribution in [2.45, 2.75) is 44.9 Å². The second kappa shape index (κ2) is 14.3. The molecule has 1 heterocycles. The number of alkyl halides is 2. The number of nitrogen functional groups attached to an aromatic ring is 1. The zero-order valence-electron chi connectivity index (χ0n) is 20.8. The molecular weight excluding hydrogens is 541 g/mol. The molecule has 206 valence electrons. The fraction of sp³-hybridized carbons (Fsp3) is 0.385. The van der Waals surface area contributed by atoms with Gasteiger partial charge in [-0.3, -0.25) is 4.79 Å². The van der Waals surface area contributed by atoms with Crippen molar-refractivity contribution in [2.24, 2.45) is 0 Å². The predicted molar refractivity (Wildman–Crippen MR) is 144 cm³/mol. The van der Waals surface area contributed by atoms with E-state index in [0.29, 0.717) is 46.5 Å². The number of benzene rings is 2. The van der Waals surface area contributed by atoms with Crippen LogP contribution in [0.25, 0.3) is 11.3 Å². The Morgan fingerprint density at radius 2 is 1.76 bits per heavy atom. The van der Waals surface area contributed by atoms with Crippen LogP contribution in [0.3, 0.4) is 0 Å². The second-order valence-electron chi connectivity index (χ2n) is 8.56. The van der Waals surface area contributed by atoms with Crippen molar-refractivity contribution in [1.82, 2.24) is 15.1 Å². The Balaban J connectivity index is 1.43. The Morgan fingerprint density at radius 1 is 1.05 bits per heavy atom. The molecule has 0 aliphatic carbocycles. The number of nitrogens with zero attached hydrogens (tertiary/aromatic N) is 2. The van der Waals surface area contributed by atoms with Crippen LogP contribution in [0.4, 0.5) is 14.5 Å². The summed E-state index contributed by atoms with van der Waals surface area (Å²) in [5, 5.41) is 18.6. The molecular formula is C26H30Cl2F2N4O4. The normalized spacial score (nSPS) is 12.1. The smallest absolute Gasteiger partial charge is 0.387 e. The lowest BCUT2D eigenvalue weighted by Gasteiger charge is -2.14. The average Bonchev–Trinajstić information content (AvgIpc) is 2.89. The van der Waals surface area contributed by atoms with Crippen LogP contribution in [0.5, 0.6) is 11.5 Å². The van der Waals surface area contributed by atoms with Gasteiger partial charge in [-0.2, -0.15) is 13.9 Å². The minimum Gasteiger partial charge on any atom is -0.493 e. The molecule has 3 aromatic rings. The van der Waals surface area contributed by atoms with Gasteiger partial charge in [0, 0.05) is 24.7 Å². The number of unbranched alkanes of at least 4 members (excludes halogenated alkanes) is 3. The molecule has 0 amide bonds. The molecule has 0 bridgehead atoms. The van der Waals surface area contributed by atoms with Gasteiger partial charge in [0.05, 0.1) is 34.6 Å². The molecule has 0 spiro atoms. The maximum absolute atomic E-state index is 12.6. The lowest BCUT2D eigenvalue weighted by molar-refractivity contribution is -0.0512. The third kappa shape index (κ3) is 8.29. The number of halogens is 4. The van der Waals surface area contributed by atoms with Crippen molar-refractivity contribution in [1.29, 1.82) is 0 Å². The van der Waals surface area contributed by atoms with Crippen molar-refractivity contribution in [3.63, 3.8) is 0 Å². The third-order valence-corrected chi connectivity index (χ3v) is 6.46. The molecule has 3 rings (SSSR count). The van der Waals surface area contributed by atoms with Gasteiger partial charge in [-0.25, -0.2) is 4.68 Å². The van der Waals surface area contributed by atoms with E-state index in [4.69, 9.17) is 33.7 Å².